The number of H-pyrrole nitrogens is 1. The summed E-state index contributed by atoms with van der Waals surface area (Å²) in [6.45, 7) is 1.99. The number of hydrogen-bond donors (Lipinski definition) is 3. The monoisotopic (exact) mass is 620 g/mol. The molecule has 0 spiro atoms. The fourth-order valence-electron chi connectivity index (χ4n) is 5.76. The summed E-state index contributed by atoms with van der Waals surface area (Å²) in [5.74, 6) is -1.03. The van der Waals surface area contributed by atoms with Crippen molar-refractivity contribution >= 4 is 18.0 Å². The Hall–Kier alpha value is -4.75. The lowest BCUT2D eigenvalue weighted by Crippen LogP contribution is -2.42. The lowest BCUT2D eigenvalue weighted by molar-refractivity contribution is -0.158. The number of carbonyl (C=O) groups is 3. The van der Waals surface area contributed by atoms with Crippen LogP contribution in [0.15, 0.2) is 70.4 Å². The van der Waals surface area contributed by atoms with Gasteiger partial charge in [-0.2, -0.15) is 0 Å². The van der Waals surface area contributed by atoms with Crippen molar-refractivity contribution in [1.29, 1.82) is 0 Å². The van der Waals surface area contributed by atoms with Crippen LogP contribution in [0.5, 0.6) is 0 Å². The summed E-state index contributed by atoms with van der Waals surface area (Å²) in [6.07, 6.45) is -2.72. The largest absolute Gasteiger partial charge is 0.457 e. The van der Waals surface area contributed by atoms with Crippen LogP contribution in [0.2, 0.25) is 0 Å². The molecule has 238 valence electrons. The zero-order chi connectivity index (χ0) is 31.9. The molecule has 0 bridgehead atoms. The second-order valence-corrected chi connectivity index (χ2v) is 10.7. The van der Waals surface area contributed by atoms with Gasteiger partial charge in [-0.25, -0.2) is 9.59 Å². The second kappa shape index (κ2) is 14.4. The molecule has 2 aromatic carbocycles. The first-order chi connectivity index (χ1) is 21.8. The van der Waals surface area contributed by atoms with E-state index in [1.165, 1.54) is 19.3 Å². The topological polar surface area (TPSA) is 167 Å². The second-order valence-electron chi connectivity index (χ2n) is 10.7. The van der Waals surface area contributed by atoms with E-state index in [4.69, 9.17) is 18.9 Å². The number of aromatic amines is 1. The van der Waals surface area contributed by atoms with Gasteiger partial charge in [0.25, 0.3) is 5.56 Å². The van der Waals surface area contributed by atoms with Crippen molar-refractivity contribution in [3.05, 3.63) is 92.8 Å². The Morgan fingerprint density at radius 2 is 1.64 bits per heavy atom. The number of carbonyl (C=O) groups excluding carboxylic acids is 3. The summed E-state index contributed by atoms with van der Waals surface area (Å²) >= 11 is 0. The van der Waals surface area contributed by atoms with E-state index in [2.05, 4.69) is 27.8 Å². The summed E-state index contributed by atoms with van der Waals surface area (Å²) in [4.78, 5) is 63.4. The van der Waals surface area contributed by atoms with Crippen molar-refractivity contribution < 1.29 is 33.3 Å². The fourth-order valence-corrected chi connectivity index (χ4v) is 5.76. The van der Waals surface area contributed by atoms with Crippen LogP contribution >= 0.6 is 0 Å². The molecular weight excluding hydrogens is 584 g/mol. The van der Waals surface area contributed by atoms with Crippen LogP contribution in [-0.4, -0.2) is 72.6 Å². The van der Waals surface area contributed by atoms with Crippen LogP contribution < -0.4 is 21.9 Å². The lowest BCUT2D eigenvalue weighted by Gasteiger charge is -2.25. The molecule has 1 aliphatic heterocycles. The number of aromatic nitrogens is 2. The predicted octanol–water partition coefficient (Wildman–Crippen LogP) is 2.21. The van der Waals surface area contributed by atoms with E-state index in [1.54, 1.807) is 0 Å². The number of nitrogens with one attached hydrogen (secondary N) is 3. The maximum absolute atomic E-state index is 12.6. The molecule has 3 aromatic rings. The van der Waals surface area contributed by atoms with Crippen LogP contribution in [0, 0.1) is 0 Å². The maximum Gasteiger partial charge on any atom is 0.407 e. The van der Waals surface area contributed by atoms with E-state index in [0.29, 0.717) is 6.42 Å². The Morgan fingerprint density at radius 3 is 2.29 bits per heavy atom. The number of benzene rings is 2. The highest BCUT2D eigenvalue weighted by Gasteiger charge is 2.48. The van der Waals surface area contributed by atoms with Crippen LogP contribution in [0.25, 0.3) is 11.1 Å². The molecule has 1 saturated heterocycles. The van der Waals surface area contributed by atoms with Crippen LogP contribution in [-0.2, 0) is 28.5 Å². The first-order valence-electron chi connectivity index (χ1n) is 14.9. The summed E-state index contributed by atoms with van der Waals surface area (Å²) in [5, 5.41) is 5.13. The van der Waals surface area contributed by atoms with Gasteiger partial charge >= 0.3 is 17.8 Å². The van der Waals surface area contributed by atoms with E-state index >= 15 is 0 Å². The van der Waals surface area contributed by atoms with Gasteiger partial charge in [0.05, 0.1) is 19.1 Å². The summed E-state index contributed by atoms with van der Waals surface area (Å²) in [7, 11) is 1.47. The van der Waals surface area contributed by atoms with E-state index in [9.17, 15) is 24.0 Å². The van der Waals surface area contributed by atoms with Gasteiger partial charge < -0.3 is 29.6 Å². The van der Waals surface area contributed by atoms with E-state index in [-0.39, 0.29) is 44.4 Å². The molecule has 1 unspecified atom stereocenters. The molecule has 0 saturated carbocycles. The molecule has 2 aliphatic rings. The van der Waals surface area contributed by atoms with Crippen LogP contribution in [0.1, 0.15) is 49.5 Å². The molecule has 13 heteroatoms. The van der Waals surface area contributed by atoms with Gasteiger partial charge in [0.15, 0.2) is 12.3 Å². The zero-order valence-electron chi connectivity index (χ0n) is 25.0. The van der Waals surface area contributed by atoms with Crippen LogP contribution in [0.3, 0.4) is 0 Å². The van der Waals surface area contributed by atoms with Crippen molar-refractivity contribution in [3.8, 4) is 11.1 Å². The van der Waals surface area contributed by atoms with Gasteiger partial charge in [-0.15, -0.1) is 0 Å². The normalized spacial score (nSPS) is 20.2. The predicted molar refractivity (Wildman–Crippen MR) is 162 cm³/mol. The SMILES string of the molecule is CC[C@H]1O[C@@H](n2ccc(=O)[nH]c2=O)[C@@H](OCCNC(=O)OCC2c3ccccc3-c3ccccc32)C1OC(=O)CCC(=O)NC. The molecule has 5 rings (SSSR count). The number of alkyl carbamates (subject to hydrolysis) is 1. The zero-order valence-corrected chi connectivity index (χ0v) is 25.0. The third kappa shape index (κ3) is 7.15. The Labute approximate surface area is 258 Å². The van der Waals surface area contributed by atoms with Crippen LogP contribution in [0.4, 0.5) is 4.79 Å². The number of amides is 2. The number of ether oxygens (including phenoxy) is 4. The van der Waals surface area contributed by atoms with Crippen molar-refractivity contribution in [2.24, 2.45) is 0 Å². The molecule has 0 radical (unpaired) electrons. The van der Waals surface area contributed by atoms with E-state index in [0.717, 1.165) is 26.8 Å². The first-order valence-corrected chi connectivity index (χ1v) is 14.9. The van der Waals surface area contributed by atoms with Gasteiger partial charge in [-0.05, 0) is 28.7 Å². The van der Waals surface area contributed by atoms with Crippen molar-refractivity contribution in [2.75, 3.05) is 26.8 Å². The molecule has 13 nitrogen and oxygen atoms in total. The minimum Gasteiger partial charge on any atom is -0.457 e. The molecule has 3 N–H and O–H groups in total. The van der Waals surface area contributed by atoms with Gasteiger partial charge in [0.1, 0.15) is 12.7 Å². The summed E-state index contributed by atoms with van der Waals surface area (Å²) in [6, 6.07) is 17.3. The van der Waals surface area contributed by atoms with Crippen molar-refractivity contribution in [3.63, 3.8) is 0 Å². The molecule has 2 heterocycles. The van der Waals surface area contributed by atoms with Gasteiger partial charge in [-0.3, -0.25) is 23.9 Å². The number of rotatable bonds is 12. The molecule has 1 aromatic heterocycles. The minimum atomic E-state index is -1.04. The van der Waals surface area contributed by atoms with Gasteiger partial charge in [0.2, 0.25) is 5.91 Å². The highest BCUT2D eigenvalue weighted by molar-refractivity contribution is 5.81. The van der Waals surface area contributed by atoms with Crippen molar-refractivity contribution in [2.45, 2.75) is 56.6 Å². The van der Waals surface area contributed by atoms with E-state index in [1.807, 2.05) is 43.3 Å². The van der Waals surface area contributed by atoms with Gasteiger partial charge in [0, 0.05) is 38.2 Å². The molecule has 2 amide bonds. The molecular formula is C32H36N4O9. The Balaban J connectivity index is 1.21. The number of fused-ring (bicyclic) bond motifs is 3. The average molecular weight is 621 g/mol. The fraction of sp³-hybridized carbons (Fsp3) is 0.406. The Bertz CT molecular complexity index is 1610. The summed E-state index contributed by atoms with van der Waals surface area (Å²) < 4.78 is 24.6. The standard InChI is InChI=1S/C32H36N4O9/c1-3-24-28(45-27(39)13-12-25(37)33-2)29(30(44-24)36-16-14-26(38)35-31(36)40)42-17-15-34-32(41)43-18-23-21-10-6-4-8-19(21)20-9-5-7-11-22(20)23/h4-11,14,16,23-24,28-30H,3,12-13,15,17-18H2,1-2H3,(H,33,37)(H,34,41)(H,35,38,40)/t24-,28?,29+,30-/m1/s1. The third-order valence-corrected chi connectivity index (χ3v) is 7.94. The number of esters is 1. The number of hydrogen-bond acceptors (Lipinski definition) is 9. The van der Waals surface area contributed by atoms with Gasteiger partial charge in [-0.1, -0.05) is 55.5 Å². The van der Waals surface area contributed by atoms with E-state index < -0.39 is 47.9 Å². The highest BCUT2D eigenvalue weighted by Crippen LogP contribution is 2.44. The third-order valence-electron chi connectivity index (χ3n) is 7.94. The first kappa shape index (κ1) is 31.7. The minimum absolute atomic E-state index is 0.0322. The average Bonchev–Trinajstić information content (AvgIpc) is 3.55. The Kier molecular flexibility index (Phi) is 10.1. The van der Waals surface area contributed by atoms with Crippen molar-refractivity contribution in [1.82, 2.24) is 20.2 Å². The maximum atomic E-state index is 12.6. The molecule has 1 aliphatic carbocycles. The highest BCUT2D eigenvalue weighted by atomic mass is 16.6. The molecule has 45 heavy (non-hydrogen) atoms. The summed E-state index contributed by atoms with van der Waals surface area (Å²) in [5.41, 5.74) is 3.14. The smallest absolute Gasteiger partial charge is 0.407 e. The number of nitrogens with zero attached hydrogens (tertiary/aromatic N) is 1. The molecule has 1 fully saturated rings. The Morgan fingerprint density at radius 1 is 0.956 bits per heavy atom. The lowest BCUT2D eigenvalue weighted by atomic mass is 9.98. The molecule has 4 atom stereocenters. The quantitative estimate of drug-likeness (QED) is 0.203.